The molecule has 1 aromatic heterocycles. The Morgan fingerprint density at radius 1 is 1.47 bits per heavy atom. The van der Waals surface area contributed by atoms with Crippen LogP contribution in [0, 0.1) is 0 Å². The molecule has 0 spiro atoms. The summed E-state index contributed by atoms with van der Waals surface area (Å²) < 4.78 is 5.48. The van der Waals surface area contributed by atoms with E-state index in [0.29, 0.717) is 24.9 Å². The van der Waals surface area contributed by atoms with Gasteiger partial charge in [0, 0.05) is 25.1 Å². The molecule has 1 aliphatic rings. The van der Waals surface area contributed by atoms with Crippen LogP contribution in [0.2, 0.25) is 0 Å². The van der Waals surface area contributed by atoms with Crippen molar-refractivity contribution in [3.05, 3.63) is 11.9 Å². The van der Waals surface area contributed by atoms with Crippen LogP contribution < -0.4 is 15.8 Å². The molecule has 1 aromatic rings. The second-order valence-electron chi connectivity index (χ2n) is 4.29. The normalized spacial score (nSPS) is 14.7. The van der Waals surface area contributed by atoms with Crippen molar-refractivity contribution in [2.45, 2.75) is 32.1 Å². The summed E-state index contributed by atoms with van der Waals surface area (Å²) in [7, 11) is 0. The molecule has 1 heterocycles. The number of nitrogens with one attached hydrogen (secondary N) is 1. The highest BCUT2D eigenvalue weighted by molar-refractivity contribution is 5.39. The van der Waals surface area contributed by atoms with Gasteiger partial charge in [-0.3, -0.25) is 0 Å². The van der Waals surface area contributed by atoms with E-state index >= 15 is 0 Å². The van der Waals surface area contributed by atoms with Gasteiger partial charge in [-0.2, -0.15) is 4.98 Å². The Morgan fingerprint density at radius 2 is 2.29 bits per heavy atom. The number of hydrogen-bond acceptors (Lipinski definition) is 5. The van der Waals surface area contributed by atoms with Crippen molar-refractivity contribution in [1.82, 2.24) is 9.97 Å². The van der Waals surface area contributed by atoms with E-state index < -0.39 is 0 Å². The fraction of sp³-hybridized carbons (Fsp3) is 0.667. The van der Waals surface area contributed by atoms with Crippen molar-refractivity contribution < 1.29 is 4.74 Å². The Morgan fingerprint density at radius 3 is 2.94 bits per heavy atom. The number of aromatic nitrogens is 2. The van der Waals surface area contributed by atoms with Gasteiger partial charge in [0.15, 0.2) is 0 Å². The average Bonchev–Trinajstić information content (AvgIpc) is 3.18. The highest BCUT2D eigenvalue weighted by Gasteiger charge is 2.27. The van der Waals surface area contributed by atoms with Crippen molar-refractivity contribution in [2.75, 3.05) is 25.0 Å². The van der Waals surface area contributed by atoms with E-state index in [9.17, 15) is 0 Å². The van der Waals surface area contributed by atoms with Crippen LogP contribution in [0.1, 0.15) is 37.9 Å². The zero-order chi connectivity index (χ0) is 12.1. The molecule has 1 aliphatic carbocycles. The van der Waals surface area contributed by atoms with Crippen LogP contribution in [0.15, 0.2) is 6.07 Å². The first kappa shape index (κ1) is 12.1. The summed E-state index contributed by atoms with van der Waals surface area (Å²) in [6, 6.07) is 1.84. The number of nitrogens with two attached hydrogens (primary N) is 1. The lowest BCUT2D eigenvalue weighted by Gasteiger charge is -2.09. The summed E-state index contributed by atoms with van der Waals surface area (Å²) in [6.07, 6.45) is 3.45. The fourth-order valence-corrected chi connectivity index (χ4v) is 1.55. The molecule has 3 N–H and O–H groups in total. The van der Waals surface area contributed by atoms with Crippen LogP contribution in [0.3, 0.4) is 0 Å². The van der Waals surface area contributed by atoms with E-state index in [0.717, 1.165) is 24.6 Å². The van der Waals surface area contributed by atoms with Gasteiger partial charge in [-0.05, 0) is 19.3 Å². The summed E-state index contributed by atoms with van der Waals surface area (Å²) >= 11 is 0. The lowest BCUT2D eigenvalue weighted by molar-refractivity contribution is 0.314. The molecule has 0 atom stereocenters. The van der Waals surface area contributed by atoms with Crippen molar-refractivity contribution in [2.24, 2.45) is 5.73 Å². The van der Waals surface area contributed by atoms with Crippen molar-refractivity contribution >= 4 is 5.82 Å². The number of nitrogens with zero attached hydrogens (tertiary/aromatic N) is 2. The third-order valence-corrected chi connectivity index (χ3v) is 2.59. The van der Waals surface area contributed by atoms with E-state index in [-0.39, 0.29) is 0 Å². The van der Waals surface area contributed by atoms with Gasteiger partial charge in [0.05, 0.1) is 0 Å². The van der Waals surface area contributed by atoms with Crippen LogP contribution in [0.25, 0.3) is 0 Å². The molecule has 5 heteroatoms. The quantitative estimate of drug-likeness (QED) is 0.750. The smallest absolute Gasteiger partial charge is 0.218 e. The molecule has 0 aliphatic heterocycles. The van der Waals surface area contributed by atoms with E-state index in [1.54, 1.807) is 0 Å². The second kappa shape index (κ2) is 5.82. The van der Waals surface area contributed by atoms with Gasteiger partial charge < -0.3 is 15.8 Å². The van der Waals surface area contributed by atoms with E-state index in [1.165, 1.54) is 12.8 Å². The Hall–Kier alpha value is -1.36. The first-order valence-electron chi connectivity index (χ1n) is 6.29. The van der Waals surface area contributed by atoms with Crippen LogP contribution >= 0.6 is 0 Å². The first-order valence-corrected chi connectivity index (χ1v) is 6.29. The molecule has 94 valence electrons. The van der Waals surface area contributed by atoms with Crippen molar-refractivity contribution in [3.8, 4) is 5.88 Å². The van der Waals surface area contributed by atoms with Crippen molar-refractivity contribution in [3.63, 3.8) is 0 Å². The molecule has 1 saturated carbocycles. The molecule has 0 radical (unpaired) electrons. The molecular weight excluding hydrogens is 216 g/mol. The van der Waals surface area contributed by atoms with Gasteiger partial charge in [-0.1, -0.05) is 6.92 Å². The predicted molar refractivity (Wildman–Crippen MR) is 67.3 cm³/mol. The fourth-order valence-electron chi connectivity index (χ4n) is 1.55. The molecular formula is C12H20N4O. The minimum atomic E-state index is 0.494. The predicted octanol–water partition coefficient (Wildman–Crippen LogP) is 1.51. The van der Waals surface area contributed by atoms with Gasteiger partial charge in [0.2, 0.25) is 5.88 Å². The number of hydrogen-bond donors (Lipinski definition) is 2. The second-order valence-corrected chi connectivity index (χ2v) is 4.29. The van der Waals surface area contributed by atoms with Crippen molar-refractivity contribution in [1.29, 1.82) is 0 Å². The van der Waals surface area contributed by atoms with Gasteiger partial charge in [0.1, 0.15) is 18.2 Å². The molecule has 2 rings (SSSR count). The lowest BCUT2D eigenvalue weighted by atomic mass is 10.4. The number of anilines is 1. The maximum absolute atomic E-state index is 5.48. The van der Waals surface area contributed by atoms with Gasteiger partial charge >= 0.3 is 0 Å². The highest BCUT2D eigenvalue weighted by Crippen LogP contribution is 2.39. The largest absolute Gasteiger partial charge is 0.476 e. The first-order chi connectivity index (χ1) is 8.33. The number of ether oxygens (including phenoxy) is 1. The summed E-state index contributed by atoms with van der Waals surface area (Å²) in [6.45, 7) is 4.04. The molecule has 0 unspecified atom stereocenters. The van der Waals surface area contributed by atoms with Gasteiger partial charge in [-0.25, -0.2) is 4.98 Å². The summed E-state index contributed by atoms with van der Waals surface area (Å²) in [4.78, 5) is 8.92. The molecule has 1 fully saturated rings. The zero-order valence-electron chi connectivity index (χ0n) is 10.3. The minimum Gasteiger partial charge on any atom is -0.476 e. The summed E-state index contributed by atoms with van der Waals surface area (Å²) in [5, 5.41) is 3.27. The maximum Gasteiger partial charge on any atom is 0.218 e. The number of rotatable bonds is 7. The average molecular weight is 236 g/mol. The zero-order valence-corrected chi connectivity index (χ0v) is 10.3. The van der Waals surface area contributed by atoms with E-state index in [4.69, 9.17) is 10.5 Å². The Labute approximate surface area is 102 Å². The topological polar surface area (TPSA) is 73.1 Å². The summed E-state index contributed by atoms with van der Waals surface area (Å²) in [5.41, 5.74) is 5.42. The molecule has 0 saturated heterocycles. The minimum absolute atomic E-state index is 0.494. The van der Waals surface area contributed by atoms with Gasteiger partial charge in [0.25, 0.3) is 0 Å². The van der Waals surface area contributed by atoms with E-state index in [2.05, 4.69) is 22.2 Å². The lowest BCUT2D eigenvalue weighted by Crippen LogP contribution is -2.13. The van der Waals surface area contributed by atoms with E-state index in [1.807, 2.05) is 6.07 Å². The highest BCUT2D eigenvalue weighted by atomic mass is 16.5. The Bertz CT molecular complexity index is 339. The molecule has 0 aromatic carbocycles. The third kappa shape index (κ3) is 3.56. The standard InChI is InChI=1S/C12H20N4O/c1-2-6-14-10-8-11(17-7-5-13)16-12(15-10)9-3-4-9/h8-9H,2-7,13H2,1H3,(H,14,15,16). The third-order valence-electron chi connectivity index (χ3n) is 2.59. The van der Waals surface area contributed by atoms with Crippen LogP contribution in [-0.4, -0.2) is 29.7 Å². The molecule has 17 heavy (non-hydrogen) atoms. The van der Waals surface area contributed by atoms with Crippen LogP contribution in [0.5, 0.6) is 5.88 Å². The Kier molecular flexibility index (Phi) is 4.14. The maximum atomic E-state index is 5.48. The van der Waals surface area contributed by atoms with Gasteiger partial charge in [-0.15, -0.1) is 0 Å². The Balaban J connectivity index is 2.10. The van der Waals surface area contributed by atoms with Crippen LogP contribution in [-0.2, 0) is 0 Å². The molecule has 5 nitrogen and oxygen atoms in total. The van der Waals surface area contributed by atoms with Crippen LogP contribution in [0.4, 0.5) is 5.82 Å². The molecule has 0 bridgehead atoms. The SMILES string of the molecule is CCCNc1cc(OCCN)nc(C2CC2)n1. The summed E-state index contributed by atoms with van der Waals surface area (Å²) in [5.74, 6) is 2.92. The molecule has 0 amide bonds. The monoisotopic (exact) mass is 236 g/mol.